The first-order valence-electron chi connectivity index (χ1n) is 12.1. The van der Waals surface area contributed by atoms with Gasteiger partial charge in [-0.3, -0.25) is 4.79 Å². The van der Waals surface area contributed by atoms with Gasteiger partial charge in [0.05, 0.1) is 6.54 Å². The lowest BCUT2D eigenvalue weighted by atomic mass is 10.1. The van der Waals surface area contributed by atoms with Gasteiger partial charge in [-0.25, -0.2) is 0 Å². The summed E-state index contributed by atoms with van der Waals surface area (Å²) in [6, 6.07) is 7.72. The summed E-state index contributed by atoms with van der Waals surface area (Å²) in [7, 11) is 0. The van der Waals surface area contributed by atoms with Crippen LogP contribution in [0.4, 0.5) is 0 Å². The number of piperidine rings is 1. The number of allylic oxidation sites excluding steroid dienone is 1. The summed E-state index contributed by atoms with van der Waals surface area (Å²) in [6.45, 7) is 21.2. The molecule has 2 aromatic carbocycles. The van der Waals surface area contributed by atoms with Crippen LogP contribution in [-0.4, -0.2) is 39.5 Å². The number of aromatic nitrogens is 3. The predicted octanol–water partition coefficient (Wildman–Crippen LogP) is 6.29. The molecule has 1 saturated heterocycles. The average molecular weight is 439 g/mol. The van der Waals surface area contributed by atoms with Gasteiger partial charge < -0.3 is 4.90 Å². The number of benzene rings is 1. The Kier molecular flexibility index (Phi) is 12.5. The molecule has 0 saturated carbocycles. The first-order valence-corrected chi connectivity index (χ1v) is 12.1. The lowest BCUT2D eigenvalue weighted by molar-refractivity contribution is 0.214. The van der Waals surface area contributed by atoms with Gasteiger partial charge in [-0.15, -0.1) is 6.58 Å². The molecule has 5 nitrogen and oxygen atoms in total. The molecule has 0 spiro atoms. The van der Waals surface area contributed by atoms with E-state index in [4.69, 9.17) is 10.2 Å². The monoisotopic (exact) mass is 438 g/mol. The van der Waals surface area contributed by atoms with Crippen molar-refractivity contribution in [2.24, 2.45) is 0 Å². The quantitative estimate of drug-likeness (QED) is 0.451. The molecule has 5 heteroatoms. The van der Waals surface area contributed by atoms with Crippen molar-refractivity contribution < 1.29 is 0 Å². The Morgan fingerprint density at radius 3 is 2.00 bits per heavy atom. The molecule has 2 heterocycles. The molecule has 1 fully saturated rings. The van der Waals surface area contributed by atoms with Crippen LogP contribution < -0.4 is 5.43 Å². The van der Waals surface area contributed by atoms with E-state index in [1.165, 1.54) is 32.4 Å². The lowest BCUT2D eigenvalue weighted by Gasteiger charge is -2.25. The Morgan fingerprint density at radius 1 is 0.875 bits per heavy atom. The zero-order valence-corrected chi connectivity index (χ0v) is 21.2. The molecule has 0 N–H and O–H groups in total. The molecule has 4 rings (SSSR count). The highest BCUT2D eigenvalue weighted by Crippen LogP contribution is 2.23. The first kappa shape index (κ1) is 27.5. The van der Waals surface area contributed by atoms with Gasteiger partial charge in [0.2, 0.25) is 0 Å². The number of hydrogen-bond donors (Lipinski definition) is 0. The van der Waals surface area contributed by atoms with Crippen LogP contribution in [0.15, 0.2) is 41.7 Å². The lowest BCUT2D eigenvalue weighted by Crippen LogP contribution is -2.32. The molecule has 32 heavy (non-hydrogen) atoms. The van der Waals surface area contributed by atoms with E-state index in [1.807, 2.05) is 77.5 Å². The maximum Gasteiger partial charge on any atom is 0.189 e. The summed E-state index contributed by atoms with van der Waals surface area (Å²) in [4.78, 5) is 17.0. The van der Waals surface area contributed by atoms with Crippen LogP contribution in [0.5, 0.6) is 0 Å². The van der Waals surface area contributed by atoms with Gasteiger partial charge in [0.1, 0.15) is 11.0 Å². The van der Waals surface area contributed by atoms with Crippen molar-refractivity contribution in [1.82, 2.24) is 19.9 Å². The van der Waals surface area contributed by atoms with E-state index in [0.717, 1.165) is 46.0 Å². The van der Waals surface area contributed by atoms with Crippen molar-refractivity contribution in [2.45, 2.75) is 74.3 Å². The number of nitrogens with zero attached hydrogens (tertiary/aromatic N) is 4. The number of rotatable bonds is 3. The van der Waals surface area contributed by atoms with Crippen molar-refractivity contribution in [3.8, 4) is 0 Å². The molecule has 1 aliphatic rings. The molecule has 0 bridgehead atoms. The number of fused-ring (bicyclic) bond motifs is 3. The largest absolute Gasteiger partial charge is 0.301 e. The smallest absolute Gasteiger partial charge is 0.189 e. The molecule has 1 aromatic heterocycles. The molecule has 0 atom stereocenters. The third kappa shape index (κ3) is 6.73. The SMILES string of the molecule is C=CC.CC.CC.Cc1c(C)c2nn(CCN3CCCCC3)nc2c2ccccc2c1=O. The van der Waals surface area contributed by atoms with E-state index in [0.29, 0.717) is 0 Å². The van der Waals surface area contributed by atoms with Gasteiger partial charge in [-0.05, 0) is 52.3 Å². The maximum absolute atomic E-state index is 12.7. The standard InChI is InChI=1S/C20H24N4O.C3H6.2C2H6/c1-14-15(2)20(25)17-9-5-4-8-16(17)19-18(14)21-24(22-19)13-12-23-10-6-3-7-11-23;1-3-2;2*1-2/h4-5,8-9H,3,6-7,10-13H2,1-2H3;3H,1H2,2H3;2*1-2H3. The Balaban J connectivity index is 0.000000662. The zero-order chi connectivity index (χ0) is 24.1. The summed E-state index contributed by atoms with van der Waals surface area (Å²) in [5.74, 6) is 0. The van der Waals surface area contributed by atoms with Crippen molar-refractivity contribution >= 4 is 21.8 Å². The number of likely N-dealkylation sites (tertiary alicyclic amines) is 1. The maximum atomic E-state index is 12.7. The van der Waals surface area contributed by atoms with Crippen LogP contribution >= 0.6 is 0 Å². The van der Waals surface area contributed by atoms with E-state index >= 15 is 0 Å². The summed E-state index contributed by atoms with van der Waals surface area (Å²) in [6.07, 6.45) is 5.68. The normalized spacial score (nSPS) is 13.2. The van der Waals surface area contributed by atoms with Gasteiger partial charge >= 0.3 is 0 Å². The summed E-state index contributed by atoms with van der Waals surface area (Å²) < 4.78 is 0. The number of aryl methyl sites for hydroxylation is 1. The first-order chi connectivity index (χ1) is 15.6. The second kappa shape index (κ2) is 14.5. The zero-order valence-electron chi connectivity index (χ0n) is 21.2. The Hall–Kier alpha value is -2.53. The van der Waals surface area contributed by atoms with Gasteiger partial charge in [0.25, 0.3) is 0 Å². The van der Waals surface area contributed by atoms with Gasteiger partial charge in [-0.2, -0.15) is 15.0 Å². The van der Waals surface area contributed by atoms with Gasteiger partial charge in [0, 0.05) is 22.9 Å². The second-order valence-corrected chi connectivity index (χ2v) is 7.43. The van der Waals surface area contributed by atoms with Crippen LogP contribution in [0.25, 0.3) is 21.8 Å². The van der Waals surface area contributed by atoms with E-state index in [1.54, 1.807) is 6.08 Å². The molecule has 0 amide bonds. The topological polar surface area (TPSA) is 51.0 Å². The minimum atomic E-state index is 0.0766. The molecular weight excluding hydrogens is 396 g/mol. The fraction of sp³-hybridized carbons (Fsp3) is 0.519. The van der Waals surface area contributed by atoms with Crippen LogP contribution in [0, 0.1) is 13.8 Å². The van der Waals surface area contributed by atoms with E-state index in [-0.39, 0.29) is 5.43 Å². The molecule has 0 unspecified atom stereocenters. The van der Waals surface area contributed by atoms with Gasteiger partial charge in [-0.1, -0.05) is 64.5 Å². The molecule has 3 aromatic rings. The Labute approximate surface area is 194 Å². The Morgan fingerprint density at radius 2 is 1.41 bits per heavy atom. The molecular formula is C27H42N4O. The fourth-order valence-electron chi connectivity index (χ4n) is 3.73. The second-order valence-electron chi connectivity index (χ2n) is 7.43. The average Bonchev–Trinajstić information content (AvgIpc) is 3.26. The van der Waals surface area contributed by atoms with E-state index in [2.05, 4.69) is 11.5 Å². The Bertz CT molecular complexity index is 1030. The fourth-order valence-corrected chi connectivity index (χ4v) is 3.73. The predicted molar refractivity (Wildman–Crippen MR) is 140 cm³/mol. The highest BCUT2D eigenvalue weighted by atomic mass is 16.1. The van der Waals surface area contributed by atoms with Crippen LogP contribution in [-0.2, 0) is 6.54 Å². The summed E-state index contributed by atoms with van der Waals surface area (Å²) in [5, 5.41) is 11.1. The highest BCUT2D eigenvalue weighted by Gasteiger charge is 2.15. The molecule has 0 radical (unpaired) electrons. The summed E-state index contributed by atoms with van der Waals surface area (Å²) in [5.41, 5.74) is 3.44. The van der Waals surface area contributed by atoms with E-state index < -0.39 is 0 Å². The van der Waals surface area contributed by atoms with Crippen molar-refractivity contribution in [2.75, 3.05) is 19.6 Å². The van der Waals surface area contributed by atoms with Crippen LogP contribution in [0.2, 0.25) is 0 Å². The summed E-state index contributed by atoms with van der Waals surface area (Å²) >= 11 is 0. The van der Waals surface area contributed by atoms with Crippen molar-refractivity contribution in [3.63, 3.8) is 0 Å². The third-order valence-electron chi connectivity index (χ3n) is 5.41. The molecule has 176 valence electrons. The minimum Gasteiger partial charge on any atom is -0.301 e. The third-order valence-corrected chi connectivity index (χ3v) is 5.41. The van der Waals surface area contributed by atoms with Crippen molar-refractivity contribution in [1.29, 1.82) is 0 Å². The van der Waals surface area contributed by atoms with Crippen LogP contribution in [0.3, 0.4) is 0 Å². The highest BCUT2D eigenvalue weighted by molar-refractivity contribution is 6.03. The molecule has 1 aliphatic heterocycles. The van der Waals surface area contributed by atoms with Crippen molar-refractivity contribution in [3.05, 3.63) is 58.3 Å². The van der Waals surface area contributed by atoms with Crippen LogP contribution in [0.1, 0.15) is 65.0 Å². The van der Waals surface area contributed by atoms with E-state index in [9.17, 15) is 4.79 Å². The minimum absolute atomic E-state index is 0.0766. The van der Waals surface area contributed by atoms with Gasteiger partial charge in [0.15, 0.2) is 5.43 Å². The number of hydrogen-bond acceptors (Lipinski definition) is 4. The molecule has 0 aliphatic carbocycles.